The highest BCUT2D eigenvalue weighted by atomic mass is 35.5. The van der Waals surface area contributed by atoms with Crippen LogP contribution in [0.25, 0.3) is 0 Å². The maximum atomic E-state index is 13.1. The summed E-state index contributed by atoms with van der Waals surface area (Å²) in [5.74, 6) is 1.77. The topological polar surface area (TPSA) is 50.4 Å². The predicted molar refractivity (Wildman–Crippen MR) is 85.6 cm³/mol. The van der Waals surface area contributed by atoms with Crippen molar-refractivity contribution >= 4 is 30.1 Å². The first-order valence-corrected chi connectivity index (χ1v) is 7.85. The lowest BCUT2D eigenvalue weighted by molar-refractivity contribution is -0.122. The Morgan fingerprint density at radius 2 is 2.43 bits per heavy atom. The highest BCUT2D eigenvalue weighted by Gasteiger charge is 2.23. The number of thioether (sulfide) groups is 1. The zero-order valence-corrected chi connectivity index (χ0v) is 13.4. The molecular formula is C14H20ClFN2O2S. The second-order valence-corrected chi connectivity index (χ2v) is 5.65. The summed E-state index contributed by atoms with van der Waals surface area (Å²) in [5, 5.41) is 5.99. The number of rotatable bonds is 6. The van der Waals surface area contributed by atoms with Gasteiger partial charge < -0.3 is 10.1 Å². The van der Waals surface area contributed by atoms with Gasteiger partial charge in [0.2, 0.25) is 5.91 Å². The Kier molecular flexibility index (Phi) is 7.85. The van der Waals surface area contributed by atoms with Gasteiger partial charge in [0, 0.05) is 17.7 Å². The highest BCUT2D eigenvalue weighted by molar-refractivity contribution is 7.99. The zero-order valence-electron chi connectivity index (χ0n) is 11.8. The summed E-state index contributed by atoms with van der Waals surface area (Å²) in [6, 6.07) is 5.92. The van der Waals surface area contributed by atoms with Crippen LogP contribution in [0, 0.1) is 5.82 Å². The lowest BCUT2D eigenvalue weighted by Crippen LogP contribution is -2.45. The summed E-state index contributed by atoms with van der Waals surface area (Å²) in [7, 11) is 0. The van der Waals surface area contributed by atoms with Gasteiger partial charge in [-0.05, 0) is 18.6 Å². The van der Waals surface area contributed by atoms with Crippen LogP contribution in [0.3, 0.4) is 0 Å². The van der Waals surface area contributed by atoms with Crippen molar-refractivity contribution in [2.24, 2.45) is 0 Å². The number of ether oxygens (including phenoxy) is 1. The summed E-state index contributed by atoms with van der Waals surface area (Å²) < 4.78 is 18.8. The van der Waals surface area contributed by atoms with E-state index in [9.17, 15) is 9.18 Å². The van der Waals surface area contributed by atoms with Crippen molar-refractivity contribution < 1.29 is 13.9 Å². The normalized spacial score (nSPS) is 18.7. The Balaban J connectivity index is 0.00000220. The van der Waals surface area contributed by atoms with Crippen molar-refractivity contribution in [3.8, 4) is 5.75 Å². The zero-order chi connectivity index (χ0) is 14.4. The molecular weight excluding hydrogens is 315 g/mol. The van der Waals surface area contributed by atoms with E-state index >= 15 is 0 Å². The number of benzene rings is 1. The van der Waals surface area contributed by atoms with Gasteiger partial charge in [0.1, 0.15) is 17.7 Å². The van der Waals surface area contributed by atoms with Crippen LogP contribution in [0.2, 0.25) is 0 Å². The molecule has 1 heterocycles. The molecule has 2 N–H and O–H groups in total. The standard InChI is InChI=1S/C14H19FN2O2S.ClH/c1-2-11(19-12-5-3-4-10(15)6-12)7-16-14(18)13-8-20-9-17-13;/h3-6,11,13,17H,2,7-9H2,1H3,(H,16,18);1H. The van der Waals surface area contributed by atoms with E-state index in [0.717, 1.165) is 18.1 Å². The fourth-order valence-electron chi connectivity index (χ4n) is 1.90. The van der Waals surface area contributed by atoms with Crippen LogP contribution in [0.15, 0.2) is 24.3 Å². The van der Waals surface area contributed by atoms with E-state index in [4.69, 9.17) is 4.74 Å². The average molecular weight is 335 g/mol. The van der Waals surface area contributed by atoms with Crippen LogP contribution in [-0.4, -0.2) is 36.2 Å². The van der Waals surface area contributed by atoms with Crippen LogP contribution in [0.4, 0.5) is 4.39 Å². The lowest BCUT2D eigenvalue weighted by Gasteiger charge is -2.19. The molecule has 4 nitrogen and oxygen atoms in total. The van der Waals surface area contributed by atoms with E-state index in [1.807, 2.05) is 6.92 Å². The molecule has 0 radical (unpaired) electrons. The van der Waals surface area contributed by atoms with E-state index in [-0.39, 0.29) is 36.3 Å². The van der Waals surface area contributed by atoms with Gasteiger partial charge >= 0.3 is 0 Å². The minimum Gasteiger partial charge on any atom is -0.489 e. The number of amides is 1. The molecule has 2 unspecified atom stereocenters. The summed E-state index contributed by atoms with van der Waals surface area (Å²) in [5.41, 5.74) is 0. The van der Waals surface area contributed by atoms with Crippen molar-refractivity contribution in [2.45, 2.75) is 25.5 Å². The third-order valence-corrected chi connectivity index (χ3v) is 4.03. The first-order valence-electron chi connectivity index (χ1n) is 6.70. The van der Waals surface area contributed by atoms with E-state index in [0.29, 0.717) is 12.3 Å². The smallest absolute Gasteiger partial charge is 0.238 e. The second kappa shape index (κ2) is 9.12. The summed E-state index contributed by atoms with van der Waals surface area (Å²) in [6.45, 7) is 2.40. The Morgan fingerprint density at radius 3 is 3.05 bits per heavy atom. The van der Waals surface area contributed by atoms with Gasteiger partial charge in [0.15, 0.2) is 0 Å². The van der Waals surface area contributed by atoms with Crippen molar-refractivity contribution in [2.75, 3.05) is 18.2 Å². The molecule has 1 saturated heterocycles. The van der Waals surface area contributed by atoms with Gasteiger partial charge in [-0.25, -0.2) is 4.39 Å². The van der Waals surface area contributed by atoms with Gasteiger partial charge in [-0.3, -0.25) is 10.1 Å². The maximum Gasteiger partial charge on any atom is 0.238 e. The average Bonchev–Trinajstić information content (AvgIpc) is 2.97. The van der Waals surface area contributed by atoms with Crippen LogP contribution >= 0.6 is 24.2 Å². The molecule has 7 heteroatoms. The Hall–Kier alpha value is -0.980. The largest absolute Gasteiger partial charge is 0.489 e. The fourth-order valence-corrected chi connectivity index (χ4v) is 2.85. The SMILES string of the molecule is CCC(CNC(=O)C1CSCN1)Oc1cccc(F)c1.Cl. The minimum absolute atomic E-state index is 0. The molecule has 0 aliphatic carbocycles. The monoisotopic (exact) mass is 334 g/mol. The number of hydrogen-bond donors (Lipinski definition) is 2. The van der Waals surface area contributed by atoms with Gasteiger partial charge in [-0.15, -0.1) is 24.2 Å². The first kappa shape index (κ1) is 18.1. The molecule has 0 aromatic heterocycles. The van der Waals surface area contributed by atoms with Crippen molar-refractivity contribution in [3.05, 3.63) is 30.1 Å². The number of hydrogen-bond acceptors (Lipinski definition) is 4. The van der Waals surface area contributed by atoms with Crippen molar-refractivity contribution in [1.82, 2.24) is 10.6 Å². The maximum absolute atomic E-state index is 13.1. The van der Waals surface area contributed by atoms with Crippen LogP contribution in [0.1, 0.15) is 13.3 Å². The van der Waals surface area contributed by atoms with Crippen molar-refractivity contribution in [3.63, 3.8) is 0 Å². The number of carbonyl (C=O) groups is 1. The second-order valence-electron chi connectivity index (χ2n) is 4.62. The summed E-state index contributed by atoms with van der Waals surface area (Å²) in [4.78, 5) is 11.9. The number of nitrogens with one attached hydrogen (secondary N) is 2. The Labute approximate surface area is 134 Å². The molecule has 2 atom stereocenters. The van der Waals surface area contributed by atoms with E-state index in [1.54, 1.807) is 23.9 Å². The number of halogens is 2. The van der Waals surface area contributed by atoms with Gasteiger partial charge in [-0.1, -0.05) is 13.0 Å². The van der Waals surface area contributed by atoms with Crippen LogP contribution in [0.5, 0.6) is 5.75 Å². The Morgan fingerprint density at radius 1 is 1.62 bits per heavy atom. The highest BCUT2D eigenvalue weighted by Crippen LogP contribution is 2.15. The summed E-state index contributed by atoms with van der Waals surface area (Å²) in [6.07, 6.45) is 0.582. The molecule has 118 valence electrons. The molecule has 21 heavy (non-hydrogen) atoms. The molecule has 0 saturated carbocycles. The van der Waals surface area contributed by atoms with Gasteiger partial charge in [-0.2, -0.15) is 0 Å². The van der Waals surface area contributed by atoms with E-state index in [2.05, 4.69) is 10.6 Å². The molecule has 1 aromatic rings. The van der Waals surface area contributed by atoms with E-state index < -0.39 is 0 Å². The molecule has 1 aromatic carbocycles. The van der Waals surface area contributed by atoms with Crippen molar-refractivity contribution in [1.29, 1.82) is 0 Å². The summed E-state index contributed by atoms with van der Waals surface area (Å²) >= 11 is 1.71. The first-order chi connectivity index (χ1) is 9.69. The van der Waals surface area contributed by atoms with Crippen LogP contribution < -0.4 is 15.4 Å². The Bertz CT molecular complexity index is 458. The minimum atomic E-state index is -0.325. The van der Waals surface area contributed by atoms with Gasteiger partial charge in [0.25, 0.3) is 0 Å². The third kappa shape index (κ3) is 5.73. The molecule has 1 aliphatic heterocycles. The fraction of sp³-hybridized carbons (Fsp3) is 0.500. The van der Waals surface area contributed by atoms with Gasteiger partial charge in [0.05, 0.1) is 12.6 Å². The molecule has 2 rings (SSSR count). The van der Waals surface area contributed by atoms with E-state index in [1.165, 1.54) is 12.1 Å². The van der Waals surface area contributed by atoms with Crippen LogP contribution in [-0.2, 0) is 4.79 Å². The molecule has 1 amide bonds. The molecule has 1 fully saturated rings. The number of carbonyl (C=O) groups excluding carboxylic acids is 1. The quantitative estimate of drug-likeness (QED) is 0.837. The lowest BCUT2D eigenvalue weighted by atomic mass is 10.2. The molecule has 1 aliphatic rings. The predicted octanol–water partition coefficient (Wildman–Crippen LogP) is 2.18. The third-order valence-electron chi connectivity index (χ3n) is 3.09. The molecule has 0 spiro atoms. The molecule has 0 bridgehead atoms.